The van der Waals surface area contributed by atoms with Crippen LogP contribution >= 0.6 is 22.9 Å². The molecule has 1 aromatic heterocycles. The van der Waals surface area contributed by atoms with E-state index in [4.69, 9.17) is 22.3 Å². The second kappa shape index (κ2) is 6.44. The lowest BCUT2D eigenvalue weighted by molar-refractivity contribution is 0.214. The van der Waals surface area contributed by atoms with Gasteiger partial charge in [-0.3, -0.25) is 4.90 Å². The lowest BCUT2D eigenvalue weighted by Crippen LogP contribution is -2.39. The third kappa shape index (κ3) is 3.46. The summed E-state index contributed by atoms with van der Waals surface area (Å²) in [6.07, 6.45) is 2.63. The summed E-state index contributed by atoms with van der Waals surface area (Å²) in [6, 6.07) is 8.33. The minimum Gasteiger partial charge on any atom is -0.329 e. The number of hydrogen-bond acceptors (Lipinski definition) is 4. The molecule has 1 fully saturated rings. The van der Waals surface area contributed by atoms with Crippen molar-refractivity contribution in [3.63, 3.8) is 0 Å². The third-order valence-corrected chi connectivity index (χ3v) is 5.30. The Bertz CT molecular complexity index is 609. The molecule has 0 amide bonds. The number of aromatic nitrogens is 1. The van der Waals surface area contributed by atoms with Gasteiger partial charge < -0.3 is 5.73 Å². The first-order valence-electron chi connectivity index (χ1n) is 7.28. The SMILES string of the molecule is CN(Cc1csc(-c2ccccc2Cl)n1)C(CN)C1CC1. The molecule has 1 saturated carbocycles. The van der Waals surface area contributed by atoms with E-state index in [9.17, 15) is 0 Å². The van der Waals surface area contributed by atoms with E-state index in [1.54, 1.807) is 11.3 Å². The molecule has 1 aliphatic rings. The van der Waals surface area contributed by atoms with Gasteiger partial charge in [-0.05, 0) is 31.9 Å². The zero-order valence-electron chi connectivity index (χ0n) is 12.1. The van der Waals surface area contributed by atoms with Crippen LogP contribution in [0.1, 0.15) is 18.5 Å². The van der Waals surface area contributed by atoms with Crippen LogP contribution in [-0.4, -0.2) is 29.5 Å². The number of thiazole rings is 1. The summed E-state index contributed by atoms with van der Waals surface area (Å²) >= 11 is 7.88. The highest BCUT2D eigenvalue weighted by Gasteiger charge is 2.32. The monoisotopic (exact) mass is 321 g/mol. The molecule has 3 rings (SSSR count). The normalized spacial score (nSPS) is 16.4. The molecule has 0 saturated heterocycles. The summed E-state index contributed by atoms with van der Waals surface area (Å²) < 4.78 is 0. The fraction of sp³-hybridized carbons (Fsp3) is 0.438. The molecule has 0 spiro atoms. The van der Waals surface area contributed by atoms with E-state index in [1.807, 2.05) is 24.3 Å². The summed E-state index contributed by atoms with van der Waals surface area (Å²) in [6.45, 7) is 1.57. The van der Waals surface area contributed by atoms with Gasteiger partial charge in [-0.15, -0.1) is 11.3 Å². The van der Waals surface area contributed by atoms with Crippen molar-refractivity contribution in [2.75, 3.05) is 13.6 Å². The lowest BCUT2D eigenvalue weighted by atomic mass is 10.1. The molecule has 0 aliphatic heterocycles. The molecule has 1 heterocycles. The van der Waals surface area contributed by atoms with Gasteiger partial charge in [0.25, 0.3) is 0 Å². The topological polar surface area (TPSA) is 42.2 Å². The van der Waals surface area contributed by atoms with Crippen molar-refractivity contribution < 1.29 is 0 Å². The van der Waals surface area contributed by atoms with Crippen LogP contribution in [0.2, 0.25) is 5.02 Å². The second-order valence-corrected chi connectivity index (χ2v) is 6.94. The molecular formula is C16H20ClN3S. The number of hydrogen-bond donors (Lipinski definition) is 1. The largest absolute Gasteiger partial charge is 0.329 e. The Morgan fingerprint density at radius 3 is 2.86 bits per heavy atom. The van der Waals surface area contributed by atoms with Gasteiger partial charge in [0.15, 0.2) is 0 Å². The first-order chi connectivity index (χ1) is 10.2. The quantitative estimate of drug-likeness (QED) is 0.883. The Kier molecular flexibility index (Phi) is 4.60. The van der Waals surface area contributed by atoms with Crippen LogP contribution in [0.5, 0.6) is 0 Å². The minimum atomic E-state index is 0.482. The van der Waals surface area contributed by atoms with E-state index in [0.717, 1.165) is 40.3 Å². The Morgan fingerprint density at radius 1 is 1.43 bits per heavy atom. The smallest absolute Gasteiger partial charge is 0.125 e. The summed E-state index contributed by atoms with van der Waals surface area (Å²) in [5, 5.41) is 3.86. The first-order valence-corrected chi connectivity index (χ1v) is 8.54. The van der Waals surface area contributed by atoms with Crippen LogP contribution < -0.4 is 5.73 Å². The molecule has 5 heteroatoms. The molecule has 1 atom stereocenters. The maximum Gasteiger partial charge on any atom is 0.125 e. The molecule has 21 heavy (non-hydrogen) atoms. The average Bonchev–Trinajstić information content (AvgIpc) is 3.19. The fourth-order valence-corrected chi connectivity index (χ4v) is 3.86. The van der Waals surface area contributed by atoms with E-state index < -0.39 is 0 Å². The molecule has 3 nitrogen and oxygen atoms in total. The summed E-state index contributed by atoms with van der Waals surface area (Å²) in [4.78, 5) is 7.07. The fourth-order valence-electron chi connectivity index (χ4n) is 2.72. The lowest BCUT2D eigenvalue weighted by Gasteiger charge is -2.26. The Labute approximate surface area is 134 Å². The highest BCUT2D eigenvalue weighted by Crippen LogP contribution is 2.35. The number of rotatable bonds is 6. The van der Waals surface area contributed by atoms with Crippen molar-refractivity contribution >= 4 is 22.9 Å². The molecule has 2 aromatic rings. The summed E-state index contributed by atoms with van der Waals surface area (Å²) in [5.41, 5.74) is 8.01. The van der Waals surface area contributed by atoms with Crippen LogP contribution in [0, 0.1) is 5.92 Å². The van der Waals surface area contributed by atoms with E-state index >= 15 is 0 Å². The second-order valence-electron chi connectivity index (χ2n) is 5.68. The average molecular weight is 322 g/mol. The molecule has 1 aliphatic carbocycles. The number of nitrogens with zero attached hydrogens (tertiary/aromatic N) is 2. The zero-order valence-corrected chi connectivity index (χ0v) is 13.7. The van der Waals surface area contributed by atoms with Crippen molar-refractivity contribution in [1.82, 2.24) is 9.88 Å². The van der Waals surface area contributed by atoms with Crippen LogP contribution in [0.4, 0.5) is 0 Å². The molecule has 0 radical (unpaired) electrons. The molecule has 2 N–H and O–H groups in total. The maximum atomic E-state index is 6.24. The van der Waals surface area contributed by atoms with Crippen LogP contribution in [0.3, 0.4) is 0 Å². The van der Waals surface area contributed by atoms with Gasteiger partial charge in [0.2, 0.25) is 0 Å². The zero-order chi connectivity index (χ0) is 14.8. The van der Waals surface area contributed by atoms with Gasteiger partial charge in [0, 0.05) is 30.1 Å². The van der Waals surface area contributed by atoms with E-state index in [2.05, 4.69) is 17.3 Å². The summed E-state index contributed by atoms with van der Waals surface area (Å²) in [7, 11) is 2.14. The van der Waals surface area contributed by atoms with Crippen LogP contribution in [0.25, 0.3) is 10.6 Å². The number of benzene rings is 1. The maximum absolute atomic E-state index is 6.24. The molecular weight excluding hydrogens is 302 g/mol. The van der Waals surface area contributed by atoms with Crippen molar-refractivity contribution in [2.24, 2.45) is 11.7 Å². The van der Waals surface area contributed by atoms with Gasteiger partial charge in [-0.1, -0.05) is 29.8 Å². The van der Waals surface area contributed by atoms with Gasteiger partial charge in [-0.25, -0.2) is 4.98 Å². The predicted octanol–water partition coefficient (Wildman–Crippen LogP) is 3.63. The highest BCUT2D eigenvalue weighted by atomic mass is 35.5. The number of nitrogens with two attached hydrogens (primary N) is 1. The molecule has 1 aromatic carbocycles. The van der Waals surface area contributed by atoms with Crippen LogP contribution in [0.15, 0.2) is 29.6 Å². The van der Waals surface area contributed by atoms with Crippen molar-refractivity contribution in [1.29, 1.82) is 0 Å². The number of halogens is 1. The van der Waals surface area contributed by atoms with Crippen LogP contribution in [-0.2, 0) is 6.54 Å². The van der Waals surface area contributed by atoms with Gasteiger partial charge >= 0.3 is 0 Å². The first kappa shape index (κ1) is 15.0. The Balaban J connectivity index is 1.72. The standard InChI is InChI=1S/C16H20ClN3S/c1-20(15(8-18)11-6-7-11)9-12-10-21-16(19-12)13-4-2-3-5-14(13)17/h2-5,10-11,15H,6-9,18H2,1H3. The van der Waals surface area contributed by atoms with Crippen molar-refractivity contribution in [2.45, 2.75) is 25.4 Å². The van der Waals surface area contributed by atoms with Gasteiger partial charge in [0.1, 0.15) is 5.01 Å². The van der Waals surface area contributed by atoms with Gasteiger partial charge in [-0.2, -0.15) is 0 Å². The predicted molar refractivity (Wildman–Crippen MR) is 89.6 cm³/mol. The molecule has 112 valence electrons. The van der Waals surface area contributed by atoms with E-state index in [0.29, 0.717) is 6.04 Å². The van der Waals surface area contributed by atoms with E-state index in [1.165, 1.54) is 12.8 Å². The van der Waals surface area contributed by atoms with Crippen molar-refractivity contribution in [3.8, 4) is 10.6 Å². The van der Waals surface area contributed by atoms with Gasteiger partial charge in [0.05, 0.1) is 10.7 Å². The Hall–Kier alpha value is -0.940. The highest BCUT2D eigenvalue weighted by molar-refractivity contribution is 7.13. The minimum absolute atomic E-state index is 0.482. The number of likely N-dealkylation sites (N-methyl/N-ethyl adjacent to an activating group) is 1. The van der Waals surface area contributed by atoms with Crippen molar-refractivity contribution in [3.05, 3.63) is 40.4 Å². The molecule has 1 unspecified atom stereocenters. The third-order valence-electron chi connectivity index (χ3n) is 4.04. The Morgan fingerprint density at radius 2 is 2.19 bits per heavy atom. The molecule has 0 bridgehead atoms. The summed E-state index contributed by atoms with van der Waals surface area (Å²) in [5.74, 6) is 0.779. The van der Waals surface area contributed by atoms with E-state index in [-0.39, 0.29) is 0 Å².